The molecule has 4 heterocycles. The summed E-state index contributed by atoms with van der Waals surface area (Å²) < 4.78 is 7.16. The van der Waals surface area contributed by atoms with E-state index in [0.717, 1.165) is 34.4 Å². The maximum atomic E-state index is 9.49. The zero-order valence-electron chi connectivity index (χ0n) is 10.4. The number of hydrogen-bond donors (Lipinski definition) is 1. The number of rotatable bonds is 2. The molecule has 3 aromatic rings. The predicted molar refractivity (Wildman–Crippen MR) is 71.7 cm³/mol. The van der Waals surface area contributed by atoms with Crippen LogP contribution < -0.4 is 0 Å². The fraction of sp³-hybridized carbons (Fsp3) is 0.333. The van der Waals surface area contributed by atoms with Crippen molar-refractivity contribution in [1.29, 1.82) is 0 Å². The van der Waals surface area contributed by atoms with E-state index in [-0.39, 0.29) is 11.7 Å². The molecule has 7 nitrogen and oxygen atoms in total. The highest BCUT2D eigenvalue weighted by molar-refractivity contribution is 7.19. The zero-order chi connectivity index (χ0) is 13.5. The fourth-order valence-corrected chi connectivity index (χ4v) is 3.11. The van der Waals surface area contributed by atoms with Gasteiger partial charge in [0.05, 0.1) is 12.8 Å². The van der Waals surface area contributed by atoms with Gasteiger partial charge in [-0.3, -0.25) is 4.98 Å². The van der Waals surface area contributed by atoms with Crippen molar-refractivity contribution in [2.45, 2.75) is 12.3 Å². The van der Waals surface area contributed by atoms with Crippen LogP contribution in [0, 0.1) is 0 Å². The minimum absolute atomic E-state index is 0.123. The highest BCUT2D eigenvalue weighted by Crippen LogP contribution is 2.30. The molecule has 1 aliphatic rings. The van der Waals surface area contributed by atoms with Crippen LogP contribution in [-0.4, -0.2) is 43.1 Å². The molecule has 1 N–H and O–H groups in total. The third-order valence-electron chi connectivity index (χ3n) is 3.28. The van der Waals surface area contributed by atoms with Crippen LogP contribution >= 0.6 is 11.3 Å². The minimum Gasteiger partial charge on any atom is -0.506 e. The van der Waals surface area contributed by atoms with Gasteiger partial charge in [0, 0.05) is 24.3 Å². The molecule has 0 aromatic carbocycles. The Hall–Kier alpha value is -2.06. The summed E-state index contributed by atoms with van der Waals surface area (Å²) in [5.74, 6) is 1.22. The Kier molecular flexibility index (Phi) is 2.64. The highest BCUT2D eigenvalue weighted by Gasteiger charge is 2.25. The molecule has 20 heavy (non-hydrogen) atoms. The summed E-state index contributed by atoms with van der Waals surface area (Å²) in [6.45, 7) is 1.42. The number of ether oxygens (including phenoxy) is 1. The van der Waals surface area contributed by atoms with Crippen LogP contribution in [0.1, 0.15) is 18.2 Å². The predicted octanol–water partition coefficient (Wildman–Crippen LogP) is 1.46. The molecule has 3 aromatic heterocycles. The number of fused-ring (bicyclic) bond motifs is 1. The molecule has 1 atom stereocenters. The molecule has 0 aliphatic carbocycles. The number of pyridine rings is 1. The van der Waals surface area contributed by atoms with Crippen LogP contribution in [0.3, 0.4) is 0 Å². The van der Waals surface area contributed by atoms with E-state index in [2.05, 4.69) is 20.3 Å². The van der Waals surface area contributed by atoms with Crippen LogP contribution in [0.15, 0.2) is 18.5 Å². The Morgan fingerprint density at radius 2 is 2.30 bits per heavy atom. The Labute approximate surface area is 117 Å². The van der Waals surface area contributed by atoms with Gasteiger partial charge in [0.2, 0.25) is 4.96 Å². The first kappa shape index (κ1) is 11.7. The second-order valence-corrected chi connectivity index (χ2v) is 5.61. The molecule has 8 heteroatoms. The number of aromatic hydroxyl groups is 1. The van der Waals surface area contributed by atoms with Gasteiger partial charge in [0.1, 0.15) is 10.8 Å². The topological polar surface area (TPSA) is 85.4 Å². The van der Waals surface area contributed by atoms with Crippen LogP contribution in [0.2, 0.25) is 0 Å². The summed E-state index contributed by atoms with van der Waals surface area (Å²) in [5.41, 5.74) is 0.772. The number of aromatic nitrogens is 5. The summed E-state index contributed by atoms with van der Waals surface area (Å²) in [6.07, 6.45) is 4.01. The molecule has 1 aliphatic heterocycles. The summed E-state index contributed by atoms with van der Waals surface area (Å²) in [4.78, 5) is 4.71. The molecule has 0 bridgehead atoms. The largest absolute Gasteiger partial charge is 0.506 e. The van der Waals surface area contributed by atoms with E-state index in [9.17, 15) is 5.11 Å². The van der Waals surface area contributed by atoms with Gasteiger partial charge >= 0.3 is 0 Å². The normalized spacial score (nSPS) is 18.9. The maximum absolute atomic E-state index is 9.49. The Bertz CT molecular complexity index is 762. The van der Waals surface area contributed by atoms with Crippen LogP contribution in [0.4, 0.5) is 0 Å². The number of nitrogens with zero attached hydrogens (tertiary/aromatic N) is 5. The lowest BCUT2D eigenvalue weighted by atomic mass is 10.1. The standard InChI is InChI=1S/C12H11N5O2S/c18-9-3-8(4-13-5-9)11-16-17-10(7-1-2-19-6-7)14-15-12(17)20-11/h3-5,7,18H,1-2,6H2. The van der Waals surface area contributed by atoms with Crippen molar-refractivity contribution in [2.75, 3.05) is 13.2 Å². The molecule has 0 spiro atoms. The molecular formula is C12H11N5O2S. The van der Waals surface area contributed by atoms with Crippen molar-refractivity contribution in [1.82, 2.24) is 24.8 Å². The smallest absolute Gasteiger partial charge is 0.234 e. The van der Waals surface area contributed by atoms with E-state index in [1.54, 1.807) is 16.8 Å². The second kappa shape index (κ2) is 4.50. The average Bonchev–Trinajstić information content (AvgIpc) is 3.14. The van der Waals surface area contributed by atoms with Gasteiger partial charge < -0.3 is 9.84 Å². The third-order valence-corrected chi connectivity index (χ3v) is 4.23. The molecule has 4 rings (SSSR count). The first-order valence-electron chi connectivity index (χ1n) is 6.25. The van der Waals surface area contributed by atoms with Gasteiger partial charge in [-0.05, 0) is 12.5 Å². The second-order valence-electron chi connectivity index (χ2n) is 4.65. The van der Waals surface area contributed by atoms with Crippen LogP contribution in [0.25, 0.3) is 15.5 Å². The minimum atomic E-state index is 0.123. The highest BCUT2D eigenvalue weighted by atomic mass is 32.1. The zero-order valence-corrected chi connectivity index (χ0v) is 11.2. The average molecular weight is 289 g/mol. The van der Waals surface area contributed by atoms with Crippen molar-refractivity contribution in [2.24, 2.45) is 0 Å². The van der Waals surface area contributed by atoms with Gasteiger partial charge in [0.25, 0.3) is 0 Å². The fourth-order valence-electron chi connectivity index (χ4n) is 2.29. The molecule has 1 fully saturated rings. The monoisotopic (exact) mass is 289 g/mol. The first-order valence-corrected chi connectivity index (χ1v) is 7.07. The van der Waals surface area contributed by atoms with E-state index < -0.39 is 0 Å². The first-order chi connectivity index (χ1) is 9.81. The molecule has 1 saturated heterocycles. The van der Waals surface area contributed by atoms with Gasteiger partial charge in [0.15, 0.2) is 5.82 Å². The van der Waals surface area contributed by atoms with Crippen molar-refractivity contribution in [3.63, 3.8) is 0 Å². The molecule has 0 amide bonds. The third kappa shape index (κ3) is 1.84. The molecular weight excluding hydrogens is 278 g/mol. The maximum Gasteiger partial charge on any atom is 0.234 e. The van der Waals surface area contributed by atoms with Crippen molar-refractivity contribution in [3.8, 4) is 16.3 Å². The Morgan fingerprint density at radius 3 is 3.10 bits per heavy atom. The Morgan fingerprint density at radius 1 is 1.35 bits per heavy atom. The summed E-state index contributed by atoms with van der Waals surface area (Å²) in [7, 11) is 0. The summed E-state index contributed by atoms with van der Waals surface area (Å²) >= 11 is 1.43. The van der Waals surface area contributed by atoms with Crippen molar-refractivity contribution >= 4 is 16.3 Å². The summed E-state index contributed by atoms with van der Waals surface area (Å²) in [6, 6.07) is 1.64. The van der Waals surface area contributed by atoms with Gasteiger partial charge in [-0.2, -0.15) is 9.61 Å². The van der Waals surface area contributed by atoms with Crippen molar-refractivity contribution in [3.05, 3.63) is 24.3 Å². The lowest BCUT2D eigenvalue weighted by Crippen LogP contribution is -2.04. The summed E-state index contributed by atoms with van der Waals surface area (Å²) in [5, 5.41) is 23.2. The lowest BCUT2D eigenvalue weighted by molar-refractivity contribution is 0.193. The molecule has 0 saturated carbocycles. The molecule has 0 radical (unpaired) electrons. The van der Waals surface area contributed by atoms with E-state index in [1.807, 2.05) is 0 Å². The quantitative estimate of drug-likeness (QED) is 0.768. The van der Waals surface area contributed by atoms with E-state index >= 15 is 0 Å². The van der Waals surface area contributed by atoms with E-state index in [4.69, 9.17) is 4.74 Å². The lowest BCUT2D eigenvalue weighted by Gasteiger charge is -2.01. The molecule has 1 unspecified atom stereocenters. The van der Waals surface area contributed by atoms with Crippen molar-refractivity contribution < 1.29 is 9.84 Å². The number of hydrogen-bond acceptors (Lipinski definition) is 7. The Balaban J connectivity index is 1.79. The van der Waals surface area contributed by atoms with Gasteiger partial charge in [-0.1, -0.05) is 11.3 Å². The van der Waals surface area contributed by atoms with Gasteiger partial charge in [-0.25, -0.2) is 0 Å². The van der Waals surface area contributed by atoms with E-state index in [0.29, 0.717) is 6.61 Å². The van der Waals surface area contributed by atoms with Gasteiger partial charge in [-0.15, -0.1) is 10.2 Å². The van der Waals surface area contributed by atoms with E-state index in [1.165, 1.54) is 17.5 Å². The molecule has 102 valence electrons. The van der Waals surface area contributed by atoms with Crippen LogP contribution in [0.5, 0.6) is 5.75 Å². The van der Waals surface area contributed by atoms with Crippen LogP contribution in [-0.2, 0) is 4.74 Å². The SMILES string of the molecule is Oc1cncc(-c2nn3c(C4CCOC4)nnc3s2)c1.